The van der Waals surface area contributed by atoms with Crippen LogP contribution in [0.15, 0.2) is 0 Å². The molecule has 0 aromatic carbocycles. The van der Waals surface area contributed by atoms with Gasteiger partial charge in [0.15, 0.2) is 0 Å². The van der Waals surface area contributed by atoms with Gasteiger partial charge in [-0.1, -0.05) is 40.0 Å². The lowest BCUT2D eigenvalue weighted by molar-refractivity contribution is 0.0580. The van der Waals surface area contributed by atoms with Crippen molar-refractivity contribution < 1.29 is 0 Å². The van der Waals surface area contributed by atoms with E-state index < -0.39 is 0 Å². The van der Waals surface area contributed by atoms with Crippen molar-refractivity contribution in [1.29, 1.82) is 0 Å². The van der Waals surface area contributed by atoms with E-state index in [4.69, 9.17) is 0 Å². The maximum absolute atomic E-state index is 3.77. The Balaban J connectivity index is 2.01. The molecule has 0 heterocycles. The van der Waals surface area contributed by atoms with Gasteiger partial charge in [-0.25, -0.2) is 0 Å². The lowest BCUT2D eigenvalue weighted by atomic mass is 9.75. The number of nitrogens with one attached hydrogen (secondary N) is 1. The Morgan fingerprint density at radius 2 is 1.75 bits per heavy atom. The highest BCUT2D eigenvalue weighted by atomic mass is 15.2. The second-order valence-electron chi connectivity index (χ2n) is 7.51. The van der Waals surface area contributed by atoms with Crippen LogP contribution in [-0.4, -0.2) is 36.6 Å². The zero-order chi connectivity index (χ0) is 14.5. The normalized spacial score (nSPS) is 33.0. The van der Waals surface area contributed by atoms with E-state index in [-0.39, 0.29) is 0 Å². The van der Waals surface area contributed by atoms with E-state index in [9.17, 15) is 0 Å². The lowest BCUT2D eigenvalue weighted by Gasteiger charge is -2.46. The smallest absolute Gasteiger partial charge is 0.0251 e. The van der Waals surface area contributed by atoms with Gasteiger partial charge in [-0.2, -0.15) is 0 Å². The number of hydrogen-bond acceptors (Lipinski definition) is 2. The lowest BCUT2D eigenvalue weighted by Crippen LogP contribution is -2.55. The van der Waals surface area contributed by atoms with Gasteiger partial charge in [0.25, 0.3) is 0 Å². The van der Waals surface area contributed by atoms with Gasteiger partial charge in [0.05, 0.1) is 0 Å². The topological polar surface area (TPSA) is 15.3 Å². The third-order valence-corrected chi connectivity index (χ3v) is 5.94. The number of rotatable bonds is 5. The first kappa shape index (κ1) is 16.3. The molecule has 2 aliphatic rings. The van der Waals surface area contributed by atoms with E-state index in [1.54, 1.807) is 0 Å². The van der Waals surface area contributed by atoms with E-state index in [0.29, 0.717) is 0 Å². The van der Waals surface area contributed by atoms with Crippen LogP contribution in [0, 0.1) is 11.8 Å². The zero-order valence-corrected chi connectivity index (χ0v) is 14.2. The second kappa shape index (κ2) is 7.79. The fraction of sp³-hybridized carbons (Fsp3) is 1.00. The van der Waals surface area contributed by atoms with Crippen LogP contribution in [0.25, 0.3) is 0 Å². The Hall–Kier alpha value is -0.0800. The summed E-state index contributed by atoms with van der Waals surface area (Å²) in [7, 11) is 2.41. The number of nitrogens with zero attached hydrogens (tertiary/aromatic N) is 1. The van der Waals surface area contributed by atoms with Crippen molar-refractivity contribution in [1.82, 2.24) is 10.2 Å². The van der Waals surface area contributed by atoms with E-state index in [0.717, 1.165) is 36.5 Å². The van der Waals surface area contributed by atoms with Crippen molar-refractivity contribution in [3.63, 3.8) is 0 Å². The van der Waals surface area contributed by atoms with Gasteiger partial charge in [0.1, 0.15) is 0 Å². The Kier molecular flexibility index (Phi) is 6.35. The maximum atomic E-state index is 3.77. The standard InChI is InChI=1S/C18H36N2/c1-5-19-17-12-11-15(14(2)3)13-18(17)20(4)16-9-7-6-8-10-16/h14-19H,5-13H2,1-4H3. The van der Waals surface area contributed by atoms with Gasteiger partial charge in [-0.05, 0) is 57.5 Å². The van der Waals surface area contributed by atoms with Crippen LogP contribution in [0.1, 0.15) is 72.1 Å². The largest absolute Gasteiger partial charge is 0.313 e. The van der Waals surface area contributed by atoms with Crippen LogP contribution in [0.3, 0.4) is 0 Å². The summed E-state index contributed by atoms with van der Waals surface area (Å²) < 4.78 is 0. The summed E-state index contributed by atoms with van der Waals surface area (Å²) in [5.74, 6) is 1.78. The van der Waals surface area contributed by atoms with Crippen molar-refractivity contribution >= 4 is 0 Å². The van der Waals surface area contributed by atoms with Crippen molar-refractivity contribution in [2.45, 2.75) is 90.3 Å². The average Bonchev–Trinajstić information content (AvgIpc) is 2.48. The fourth-order valence-electron chi connectivity index (χ4n) is 4.49. The molecule has 0 amide bonds. The summed E-state index contributed by atoms with van der Waals surface area (Å²) in [5, 5.41) is 3.77. The van der Waals surface area contributed by atoms with Crippen LogP contribution < -0.4 is 5.32 Å². The van der Waals surface area contributed by atoms with Crippen LogP contribution in [-0.2, 0) is 0 Å². The van der Waals surface area contributed by atoms with Gasteiger partial charge >= 0.3 is 0 Å². The highest BCUT2D eigenvalue weighted by molar-refractivity contribution is 4.93. The third-order valence-electron chi connectivity index (χ3n) is 5.94. The first-order chi connectivity index (χ1) is 9.63. The fourth-order valence-corrected chi connectivity index (χ4v) is 4.49. The third kappa shape index (κ3) is 3.98. The van der Waals surface area contributed by atoms with Crippen LogP contribution in [0.2, 0.25) is 0 Å². The van der Waals surface area contributed by atoms with Crippen LogP contribution in [0.4, 0.5) is 0 Å². The molecule has 20 heavy (non-hydrogen) atoms. The molecule has 0 aliphatic heterocycles. The number of hydrogen-bond donors (Lipinski definition) is 1. The van der Waals surface area contributed by atoms with E-state index in [2.05, 4.69) is 38.0 Å². The Bertz CT molecular complexity index is 271. The molecule has 0 bridgehead atoms. The van der Waals surface area contributed by atoms with Gasteiger partial charge in [0, 0.05) is 18.1 Å². The minimum atomic E-state index is 0.724. The van der Waals surface area contributed by atoms with Gasteiger partial charge in [-0.15, -0.1) is 0 Å². The summed E-state index contributed by atoms with van der Waals surface area (Å²) in [6, 6.07) is 2.34. The van der Waals surface area contributed by atoms with Crippen molar-refractivity contribution in [2.75, 3.05) is 13.6 Å². The van der Waals surface area contributed by atoms with E-state index in [1.807, 2.05) is 0 Å². The Morgan fingerprint density at radius 3 is 2.35 bits per heavy atom. The monoisotopic (exact) mass is 280 g/mol. The highest BCUT2D eigenvalue weighted by Gasteiger charge is 2.36. The SMILES string of the molecule is CCNC1CCC(C(C)C)CC1N(C)C1CCCCC1. The molecular weight excluding hydrogens is 244 g/mol. The van der Waals surface area contributed by atoms with Crippen molar-refractivity contribution in [3.8, 4) is 0 Å². The minimum absolute atomic E-state index is 0.724. The molecule has 118 valence electrons. The predicted molar refractivity (Wildman–Crippen MR) is 88.1 cm³/mol. The maximum Gasteiger partial charge on any atom is 0.0251 e. The molecule has 0 saturated heterocycles. The summed E-state index contributed by atoms with van der Waals surface area (Å²) in [4.78, 5) is 2.76. The molecule has 0 spiro atoms. The molecule has 0 radical (unpaired) electrons. The summed E-state index contributed by atoms with van der Waals surface area (Å²) in [6.07, 6.45) is 11.4. The molecule has 1 N–H and O–H groups in total. The molecule has 2 heteroatoms. The molecule has 3 unspecified atom stereocenters. The minimum Gasteiger partial charge on any atom is -0.313 e. The predicted octanol–water partition coefficient (Wildman–Crippen LogP) is 4.05. The molecule has 2 rings (SSSR count). The Morgan fingerprint density at radius 1 is 1.05 bits per heavy atom. The van der Waals surface area contributed by atoms with E-state index in [1.165, 1.54) is 51.4 Å². The molecule has 0 aromatic rings. The van der Waals surface area contributed by atoms with Crippen LogP contribution >= 0.6 is 0 Å². The van der Waals surface area contributed by atoms with Gasteiger partial charge in [-0.3, -0.25) is 4.90 Å². The Labute approximate surface area is 126 Å². The zero-order valence-electron chi connectivity index (χ0n) is 14.2. The average molecular weight is 280 g/mol. The molecular formula is C18H36N2. The van der Waals surface area contributed by atoms with E-state index >= 15 is 0 Å². The summed E-state index contributed by atoms with van der Waals surface area (Å²) in [5.41, 5.74) is 0. The molecule has 2 aliphatic carbocycles. The molecule has 2 nitrogen and oxygen atoms in total. The molecule has 2 saturated carbocycles. The molecule has 0 aromatic heterocycles. The quantitative estimate of drug-likeness (QED) is 0.817. The number of likely N-dealkylation sites (N-methyl/N-ethyl adjacent to an activating group) is 2. The summed E-state index contributed by atoms with van der Waals surface area (Å²) in [6.45, 7) is 8.20. The van der Waals surface area contributed by atoms with Crippen LogP contribution in [0.5, 0.6) is 0 Å². The second-order valence-corrected chi connectivity index (χ2v) is 7.51. The van der Waals surface area contributed by atoms with Crippen molar-refractivity contribution in [3.05, 3.63) is 0 Å². The highest BCUT2D eigenvalue weighted by Crippen LogP contribution is 2.35. The van der Waals surface area contributed by atoms with Gasteiger partial charge < -0.3 is 5.32 Å². The molecule has 2 fully saturated rings. The molecule has 3 atom stereocenters. The first-order valence-corrected chi connectivity index (χ1v) is 9.08. The van der Waals surface area contributed by atoms with Gasteiger partial charge in [0.2, 0.25) is 0 Å². The summed E-state index contributed by atoms with van der Waals surface area (Å²) >= 11 is 0. The van der Waals surface area contributed by atoms with Crippen molar-refractivity contribution in [2.24, 2.45) is 11.8 Å². The first-order valence-electron chi connectivity index (χ1n) is 9.08.